The number of hydrogen-bond acceptors (Lipinski definition) is 3. The van der Waals surface area contributed by atoms with E-state index in [1.165, 1.54) is 4.90 Å². The van der Waals surface area contributed by atoms with Gasteiger partial charge in [0, 0.05) is 9.37 Å². The molecular weight excluding hydrogens is 314 g/mol. The van der Waals surface area contributed by atoms with Crippen LogP contribution in [0.15, 0.2) is 33.6 Å². The normalized spacial score (nSPS) is 14.2. The van der Waals surface area contributed by atoms with Crippen LogP contribution in [0.5, 0.6) is 0 Å². The second-order valence-corrected chi connectivity index (χ2v) is 6.57. The fraction of sp³-hybridized carbons (Fsp3) is 0.462. The number of benzene rings is 1. The highest BCUT2D eigenvalue weighted by molar-refractivity contribution is 9.10. The number of thioether (sulfide) groups is 1. The Morgan fingerprint density at radius 2 is 2.00 bits per heavy atom. The molecule has 1 atom stereocenters. The maximum atomic E-state index is 10.8. The second kappa shape index (κ2) is 7.16. The second-order valence-electron chi connectivity index (χ2n) is 4.48. The minimum Gasteiger partial charge on any atom is -0.480 e. The Balaban J connectivity index is 2.20. The molecule has 1 unspecified atom stereocenters. The summed E-state index contributed by atoms with van der Waals surface area (Å²) in [6.45, 7) is 1.57. The van der Waals surface area contributed by atoms with E-state index in [0.717, 1.165) is 23.1 Å². The van der Waals surface area contributed by atoms with Gasteiger partial charge in [-0.15, -0.1) is 11.8 Å². The molecule has 0 radical (unpaired) electrons. The summed E-state index contributed by atoms with van der Waals surface area (Å²) >= 11 is 5.17. The number of carboxylic acids is 1. The van der Waals surface area contributed by atoms with Gasteiger partial charge in [0.25, 0.3) is 0 Å². The number of unbranched alkanes of at least 4 members (excludes halogenated alkanes) is 1. The molecular formula is C13H18BrNO2S. The van der Waals surface area contributed by atoms with Crippen molar-refractivity contribution >= 4 is 33.7 Å². The van der Waals surface area contributed by atoms with Gasteiger partial charge >= 0.3 is 5.97 Å². The Kier molecular flexibility index (Phi) is 6.18. The van der Waals surface area contributed by atoms with E-state index in [9.17, 15) is 4.79 Å². The van der Waals surface area contributed by atoms with E-state index in [-0.39, 0.29) is 0 Å². The van der Waals surface area contributed by atoms with Crippen LogP contribution >= 0.6 is 27.7 Å². The van der Waals surface area contributed by atoms with Crippen LogP contribution in [0.2, 0.25) is 0 Å². The van der Waals surface area contributed by atoms with Gasteiger partial charge in [0.05, 0.1) is 0 Å². The van der Waals surface area contributed by atoms with Crippen LogP contribution in [0.3, 0.4) is 0 Å². The van der Waals surface area contributed by atoms with E-state index < -0.39 is 11.5 Å². The maximum absolute atomic E-state index is 10.8. The van der Waals surface area contributed by atoms with Crippen LogP contribution in [-0.4, -0.2) is 22.4 Å². The lowest BCUT2D eigenvalue weighted by Crippen LogP contribution is -2.44. The highest BCUT2D eigenvalue weighted by Crippen LogP contribution is 2.22. The number of carboxylic acid groups (broad SMARTS) is 1. The monoisotopic (exact) mass is 331 g/mol. The third kappa shape index (κ3) is 5.42. The highest BCUT2D eigenvalue weighted by atomic mass is 79.9. The molecule has 0 aliphatic heterocycles. The molecule has 0 spiro atoms. The quantitative estimate of drug-likeness (QED) is 0.592. The first-order chi connectivity index (χ1) is 8.42. The SMILES string of the molecule is CC(N)(CCCCSc1ccc(Br)cc1)C(=O)O. The van der Waals surface area contributed by atoms with Gasteiger partial charge in [-0.1, -0.05) is 22.4 Å². The molecule has 0 aromatic heterocycles. The van der Waals surface area contributed by atoms with Crippen LogP contribution in [-0.2, 0) is 4.79 Å². The zero-order chi connectivity index (χ0) is 13.6. The first kappa shape index (κ1) is 15.5. The fourth-order valence-corrected chi connectivity index (χ4v) is 2.60. The first-order valence-electron chi connectivity index (χ1n) is 5.82. The van der Waals surface area contributed by atoms with E-state index in [1.54, 1.807) is 18.7 Å². The van der Waals surface area contributed by atoms with E-state index in [0.29, 0.717) is 6.42 Å². The standard InChI is InChI=1S/C13H18BrNO2S/c1-13(15,12(16)17)8-2-3-9-18-11-6-4-10(14)5-7-11/h4-7H,2-3,8-9,15H2,1H3,(H,16,17). The van der Waals surface area contributed by atoms with Crippen LogP contribution < -0.4 is 5.73 Å². The van der Waals surface area contributed by atoms with Crippen LogP contribution in [0.4, 0.5) is 0 Å². The van der Waals surface area contributed by atoms with Crippen LogP contribution in [0.1, 0.15) is 26.2 Å². The molecule has 18 heavy (non-hydrogen) atoms. The average Bonchev–Trinajstić information content (AvgIpc) is 2.31. The molecule has 0 amide bonds. The molecule has 0 fully saturated rings. The number of carbonyl (C=O) groups is 1. The molecule has 3 N–H and O–H groups in total. The van der Waals surface area contributed by atoms with Crippen molar-refractivity contribution in [3.8, 4) is 0 Å². The average molecular weight is 332 g/mol. The fourth-order valence-electron chi connectivity index (χ4n) is 1.42. The smallest absolute Gasteiger partial charge is 0.323 e. The Morgan fingerprint density at radius 3 is 2.56 bits per heavy atom. The number of aliphatic carboxylic acids is 1. The third-order valence-corrected chi connectivity index (χ3v) is 4.29. The van der Waals surface area contributed by atoms with Crippen molar-refractivity contribution in [2.24, 2.45) is 5.73 Å². The molecule has 0 bridgehead atoms. The summed E-state index contributed by atoms with van der Waals surface area (Å²) in [7, 11) is 0. The van der Waals surface area contributed by atoms with E-state index >= 15 is 0 Å². The van der Waals surface area contributed by atoms with Gasteiger partial charge in [-0.25, -0.2) is 0 Å². The Hall–Kier alpha value is -0.520. The van der Waals surface area contributed by atoms with Gasteiger partial charge < -0.3 is 10.8 Å². The van der Waals surface area contributed by atoms with Gasteiger partial charge in [-0.05, 0) is 49.8 Å². The zero-order valence-corrected chi connectivity index (χ0v) is 12.8. The summed E-state index contributed by atoms with van der Waals surface area (Å²) < 4.78 is 1.08. The van der Waals surface area contributed by atoms with Gasteiger partial charge in [0.1, 0.15) is 5.54 Å². The van der Waals surface area contributed by atoms with Gasteiger partial charge in [0.15, 0.2) is 0 Å². The lowest BCUT2D eigenvalue weighted by molar-refractivity contribution is -0.142. The molecule has 1 aromatic rings. The number of halogens is 1. The third-order valence-electron chi connectivity index (χ3n) is 2.66. The summed E-state index contributed by atoms with van der Waals surface area (Å²) in [6, 6.07) is 8.17. The zero-order valence-electron chi connectivity index (χ0n) is 10.4. The highest BCUT2D eigenvalue weighted by Gasteiger charge is 2.26. The van der Waals surface area contributed by atoms with Crippen molar-refractivity contribution in [3.63, 3.8) is 0 Å². The minimum absolute atomic E-state index is 0.517. The topological polar surface area (TPSA) is 63.3 Å². The summed E-state index contributed by atoms with van der Waals surface area (Å²) in [5.74, 6) is 0.0557. The lowest BCUT2D eigenvalue weighted by Gasteiger charge is -2.18. The Morgan fingerprint density at radius 1 is 1.39 bits per heavy atom. The number of rotatable bonds is 7. The van der Waals surface area contributed by atoms with E-state index in [1.807, 2.05) is 12.1 Å². The summed E-state index contributed by atoms with van der Waals surface area (Å²) in [4.78, 5) is 12.0. The van der Waals surface area contributed by atoms with Crippen molar-refractivity contribution < 1.29 is 9.90 Å². The van der Waals surface area contributed by atoms with Crippen molar-refractivity contribution in [2.45, 2.75) is 36.6 Å². The van der Waals surface area contributed by atoms with E-state index in [2.05, 4.69) is 28.1 Å². The van der Waals surface area contributed by atoms with Crippen molar-refractivity contribution in [3.05, 3.63) is 28.7 Å². The number of nitrogens with two attached hydrogens (primary N) is 1. The molecule has 0 heterocycles. The predicted molar refractivity (Wildman–Crippen MR) is 78.9 cm³/mol. The summed E-state index contributed by atoms with van der Waals surface area (Å²) in [5.41, 5.74) is 4.56. The van der Waals surface area contributed by atoms with Crippen LogP contribution in [0, 0.1) is 0 Å². The molecule has 5 heteroatoms. The molecule has 1 aromatic carbocycles. The van der Waals surface area contributed by atoms with Gasteiger partial charge in [0.2, 0.25) is 0 Å². The van der Waals surface area contributed by atoms with Crippen molar-refractivity contribution in [1.82, 2.24) is 0 Å². The predicted octanol–water partition coefficient (Wildman–Crippen LogP) is 3.51. The molecule has 3 nitrogen and oxygen atoms in total. The first-order valence-corrected chi connectivity index (χ1v) is 7.60. The van der Waals surface area contributed by atoms with Crippen molar-refractivity contribution in [2.75, 3.05) is 5.75 Å². The summed E-state index contributed by atoms with van der Waals surface area (Å²) in [5, 5.41) is 8.87. The van der Waals surface area contributed by atoms with Crippen molar-refractivity contribution in [1.29, 1.82) is 0 Å². The molecule has 1 rings (SSSR count). The van der Waals surface area contributed by atoms with Crippen LogP contribution in [0.25, 0.3) is 0 Å². The maximum Gasteiger partial charge on any atom is 0.323 e. The molecule has 0 saturated heterocycles. The lowest BCUT2D eigenvalue weighted by atomic mass is 9.97. The Labute approximate surface area is 120 Å². The molecule has 0 saturated carbocycles. The van der Waals surface area contributed by atoms with Gasteiger partial charge in [-0.3, -0.25) is 4.79 Å². The largest absolute Gasteiger partial charge is 0.480 e. The minimum atomic E-state index is -1.09. The molecule has 100 valence electrons. The summed E-state index contributed by atoms with van der Waals surface area (Å²) in [6.07, 6.45) is 2.33. The Bertz CT molecular complexity index is 392. The molecule has 0 aliphatic carbocycles. The van der Waals surface area contributed by atoms with E-state index in [4.69, 9.17) is 10.8 Å². The molecule has 0 aliphatic rings. The van der Waals surface area contributed by atoms with Gasteiger partial charge in [-0.2, -0.15) is 0 Å². The number of hydrogen-bond donors (Lipinski definition) is 2.